The second-order valence-corrected chi connectivity index (χ2v) is 7.36. The second-order valence-electron chi connectivity index (χ2n) is 6.50. The first-order chi connectivity index (χ1) is 12.6. The average molecular weight is 418 g/mol. The van der Waals surface area contributed by atoms with E-state index < -0.39 is 0 Å². The van der Waals surface area contributed by atoms with E-state index in [1.54, 1.807) is 14.2 Å². The van der Waals surface area contributed by atoms with Crippen molar-refractivity contribution in [2.45, 2.75) is 24.8 Å². The van der Waals surface area contributed by atoms with E-state index in [2.05, 4.69) is 44.4 Å². The lowest BCUT2D eigenvalue weighted by Crippen LogP contribution is -2.37. The molecule has 2 aromatic rings. The van der Waals surface area contributed by atoms with Crippen LogP contribution >= 0.6 is 15.9 Å². The minimum absolute atomic E-state index is 0.156. The number of methoxy groups -OCH3 is 2. The van der Waals surface area contributed by atoms with Crippen LogP contribution in [0.3, 0.4) is 0 Å². The van der Waals surface area contributed by atoms with Gasteiger partial charge in [0, 0.05) is 16.4 Å². The summed E-state index contributed by atoms with van der Waals surface area (Å²) in [5, 5.41) is 3.28. The van der Waals surface area contributed by atoms with Gasteiger partial charge in [0.05, 0.1) is 20.8 Å². The minimum atomic E-state index is 0.156. The van der Waals surface area contributed by atoms with E-state index >= 15 is 0 Å². The summed E-state index contributed by atoms with van der Waals surface area (Å²) in [6, 6.07) is 14.1. The third-order valence-electron chi connectivity index (χ3n) is 4.79. The number of nitrogens with zero attached hydrogens (tertiary/aromatic N) is 1. The van der Waals surface area contributed by atoms with Crippen LogP contribution in [0.5, 0.6) is 11.5 Å². The maximum Gasteiger partial charge on any atom is 0.188 e. The van der Waals surface area contributed by atoms with Gasteiger partial charge in [0.15, 0.2) is 17.5 Å². The molecule has 3 N–H and O–H groups in total. The van der Waals surface area contributed by atoms with Gasteiger partial charge in [0.2, 0.25) is 0 Å². The Kier molecular flexibility index (Phi) is 5.71. The molecule has 5 nitrogen and oxygen atoms in total. The van der Waals surface area contributed by atoms with E-state index in [9.17, 15) is 0 Å². The van der Waals surface area contributed by atoms with E-state index in [0.29, 0.717) is 24.0 Å². The zero-order valence-electron chi connectivity index (χ0n) is 15.1. The van der Waals surface area contributed by atoms with E-state index in [-0.39, 0.29) is 5.41 Å². The number of benzene rings is 2. The number of nitrogens with one attached hydrogen (secondary N) is 1. The zero-order valence-corrected chi connectivity index (χ0v) is 16.7. The van der Waals surface area contributed by atoms with Crippen molar-refractivity contribution < 1.29 is 9.47 Å². The van der Waals surface area contributed by atoms with Crippen molar-refractivity contribution in [3.05, 3.63) is 58.1 Å². The summed E-state index contributed by atoms with van der Waals surface area (Å²) < 4.78 is 11.7. The Bertz CT molecular complexity index is 803. The zero-order chi connectivity index (χ0) is 18.6. The fraction of sp³-hybridized carbons (Fsp3) is 0.350. The third kappa shape index (κ3) is 4.12. The number of aliphatic imine (C=N–C) groups is 1. The van der Waals surface area contributed by atoms with Crippen LogP contribution in [0.1, 0.15) is 24.0 Å². The van der Waals surface area contributed by atoms with Gasteiger partial charge in [-0.2, -0.15) is 0 Å². The van der Waals surface area contributed by atoms with Crippen LogP contribution < -0.4 is 20.5 Å². The number of hydrogen-bond donors (Lipinski definition) is 2. The van der Waals surface area contributed by atoms with Gasteiger partial charge in [-0.3, -0.25) is 0 Å². The molecular formula is C20H24BrN3O2. The maximum atomic E-state index is 6.07. The largest absolute Gasteiger partial charge is 0.493 e. The molecule has 1 saturated carbocycles. The first-order valence-electron chi connectivity index (χ1n) is 8.58. The van der Waals surface area contributed by atoms with Crippen LogP contribution in [0.15, 0.2) is 51.9 Å². The molecule has 0 atom stereocenters. The molecular weight excluding hydrogens is 394 g/mol. The summed E-state index contributed by atoms with van der Waals surface area (Å²) in [6.07, 6.45) is 2.32. The first kappa shape index (κ1) is 18.6. The van der Waals surface area contributed by atoms with Gasteiger partial charge < -0.3 is 20.5 Å². The van der Waals surface area contributed by atoms with Gasteiger partial charge in [0.25, 0.3) is 0 Å². The van der Waals surface area contributed by atoms with Crippen molar-refractivity contribution >= 4 is 21.9 Å². The number of hydrogen-bond acceptors (Lipinski definition) is 3. The quantitative estimate of drug-likeness (QED) is 0.533. The fourth-order valence-electron chi connectivity index (χ4n) is 3.05. The average Bonchev–Trinajstić information content (AvgIpc) is 3.45. The van der Waals surface area contributed by atoms with Crippen LogP contribution in [-0.4, -0.2) is 26.7 Å². The smallest absolute Gasteiger partial charge is 0.188 e. The summed E-state index contributed by atoms with van der Waals surface area (Å²) in [5.41, 5.74) is 8.57. The lowest BCUT2D eigenvalue weighted by molar-refractivity contribution is 0.354. The van der Waals surface area contributed by atoms with Gasteiger partial charge >= 0.3 is 0 Å². The van der Waals surface area contributed by atoms with Crippen molar-refractivity contribution in [2.75, 3.05) is 20.8 Å². The number of halogens is 1. The van der Waals surface area contributed by atoms with Crippen molar-refractivity contribution in [1.29, 1.82) is 0 Å². The van der Waals surface area contributed by atoms with Crippen LogP contribution in [0.25, 0.3) is 0 Å². The molecule has 0 heterocycles. The fourth-order valence-corrected chi connectivity index (χ4v) is 3.76. The van der Waals surface area contributed by atoms with Crippen molar-refractivity contribution in [1.82, 2.24) is 5.32 Å². The summed E-state index contributed by atoms with van der Waals surface area (Å²) in [7, 11) is 3.24. The lowest BCUT2D eigenvalue weighted by Gasteiger charge is -2.18. The Morgan fingerprint density at radius 1 is 1.15 bits per heavy atom. The molecule has 0 spiro atoms. The second kappa shape index (κ2) is 7.99. The molecule has 6 heteroatoms. The van der Waals surface area contributed by atoms with Gasteiger partial charge in [-0.1, -0.05) is 40.2 Å². The monoisotopic (exact) mass is 417 g/mol. The predicted molar refractivity (Wildman–Crippen MR) is 108 cm³/mol. The molecule has 1 fully saturated rings. The normalized spacial score (nSPS) is 15.4. The Hall–Kier alpha value is -2.21. The Labute approximate surface area is 162 Å². The molecule has 138 valence electrons. The number of ether oxygens (including phenoxy) is 2. The number of guanidine groups is 1. The molecule has 1 aliphatic carbocycles. The SMILES string of the molecule is COc1ccc(CN=C(N)NCC2(c3ccccc3Br)CC2)cc1OC. The summed E-state index contributed by atoms with van der Waals surface area (Å²) in [6.45, 7) is 1.28. The van der Waals surface area contributed by atoms with Crippen molar-refractivity contribution in [2.24, 2.45) is 10.7 Å². The molecule has 0 unspecified atom stereocenters. The van der Waals surface area contributed by atoms with Crippen LogP contribution in [-0.2, 0) is 12.0 Å². The predicted octanol–water partition coefficient (Wildman–Crippen LogP) is 3.60. The Morgan fingerprint density at radius 3 is 2.54 bits per heavy atom. The molecule has 3 rings (SSSR count). The highest BCUT2D eigenvalue weighted by molar-refractivity contribution is 9.10. The topological polar surface area (TPSA) is 68.9 Å². The van der Waals surface area contributed by atoms with Crippen LogP contribution in [0.4, 0.5) is 0 Å². The van der Waals surface area contributed by atoms with Gasteiger partial charge in [-0.25, -0.2) is 4.99 Å². The highest BCUT2D eigenvalue weighted by Crippen LogP contribution is 2.49. The molecule has 0 aromatic heterocycles. The lowest BCUT2D eigenvalue weighted by atomic mass is 9.96. The van der Waals surface area contributed by atoms with Gasteiger partial charge in [-0.05, 0) is 42.2 Å². The summed E-state index contributed by atoms with van der Waals surface area (Å²) in [4.78, 5) is 4.45. The van der Waals surface area contributed by atoms with Crippen molar-refractivity contribution in [3.8, 4) is 11.5 Å². The Morgan fingerprint density at radius 2 is 1.88 bits per heavy atom. The molecule has 1 aliphatic rings. The first-order valence-corrected chi connectivity index (χ1v) is 9.37. The molecule has 0 saturated heterocycles. The maximum absolute atomic E-state index is 6.07. The van der Waals surface area contributed by atoms with Gasteiger partial charge in [0.1, 0.15) is 0 Å². The molecule has 0 bridgehead atoms. The van der Waals surface area contributed by atoms with Crippen molar-refractivity contribution in [3.63, 3.8) is 0 Å². The third-order valence-corrected chi connectivity index (χ3v) is 5.48. The Balaban J connectivity index is 1.60. The summed E-state index contributed by atoms with van der Waals surface area (Å²) in [5.74, 6) is 1.85. The standard InChI is InChI=1S/C20H24BrN3O2/c1-25-17-8-7-14(11-18(17)26-2)12-23-19(22)24-13-20(9-10-20)15-5-3-4-6-16(15)21/h3-8,11H,9-10,12-13H2,1-2H3,(H3,22,23,24). The van der Waals surface area contributed by atoms with E-state index in [4.69, 9.17) is 15.2 Å². The molecule has 26 heavy (non-hydrogen) atoms. The number of nitrogens with two attached hydrogens (primary N) is 1. The molecule has 2 aromatic carbocycles. The minimum Gasteiger partial charge on any atom is -0.493 e. The highest BCUT2D eigenvalue weighted by Gasteiger charge is 2.45. The van der Waals surface area contributed by atoms with Crippen LogP contribution in [0, 0.1) is 0 Å². The van der Waals surface area contributed by atoms with E-state index in [1.807, 2.05) is 24.3 Å². The molecule has 0 aliphatic heterocycles. The van der Waals surface area contributed by atoms with Gasteiger partial charge in [-0.15, -0.1) is 0 Å². The molecule has 0 radical (unpaired) electrons. The molecule has 0 amide bonds. The van der Waals surface area contributed by atoms with E-state index in [0.717, 1.165) is 29.4 Å². The van der Waals surface area contributed by atoms with Crippen LogP contribution in [0.2, 0.25) is 0 Å². The van der Waals surface area contributed by atoms with E-state index in [1.165, 1.54) is 5.56 Å². The highest BCUT2D eigenvalue weighted by atomic mass is 79.9. The number of rotatable bonds is 7. The summed E-state index contributed by atoms with van der Waals surface area (Å²) >= 11 is 3.65.